The Morgan fingerprint density at radius 3 is 2.82 bits per heavy atom. The molecule has 0 saturated heterocycles. The van der Waals surface area contributed by atoms with Crippen LogP contribution in [-0.2, 0) is 6.42 Å². The van der Waals surface area contributed by atoms with Gasteiger partial charge in [-0.25, -0.2) is 0 Å². The largest absolute Gasteiger partial charge is 0.394 e. The third kappa shape index (κ3) is 1.74. The van der Waals surface area contributed by atoms with Gasteiger partial charge in [0.25, 0.3) is 0 Å². The van der Waals surface area contributed by atoms with Crippen molar-refractivity contribution in [2.24, 2.45) is 0 Å². The van der Waals surface area contributed by atoms with Gasteiger partial charge in [-0.3, -0.25) is 0 Å². The number of aryl methyl sites for hydroxylation is 1. The molecule has 1 aliphatic heterocycles. The molecule has 4 heteroatoms. The Bertz CT molecular complexity index is 507. The summed E-state index contributed by atoms with van der Waals surface area (Å²) in [5, 5.41) is 18.0. The normalized spacial score (nSPS) is 19.0. The highest BCUT2D eigenvalue weighted by Crippen LogP contribution is 2.29. The number of benzene rings is 1. The first-order valence-electron chi connectivity index (χ1n) is 6.00. The lowest BCUT2D eigenvalue weighted by atomic mass is 10.0. The molecule has 1 aliphatic rings. The lowest BCUT2D eigenvalue weighted by Gasteiger charge is -2.24. The van der Waals surface area contributed by atoms with E-state index in [0.29, 0.717) is 0 Å². The van der Waals surface area contributed by atoms with Crippen LogP contribution in [0.1, 0.15) is 24.7 Å². The number of rotatable bonds is 2. The van der Waals surface area contributed by atoms with Crippen molar-refractivity contribution in [3.8, 4) is 11.4 Å². The molecule has 1 aromatic heterocycles. The molecule has 1 atom stereocenters. The van der Waals surface area contributed by atoms with Gasteiger partial charge in [0.15, 0.2) is 5.82 Å². The highest BCUT2D eigenvalue weighted by Gasteiger charge is 2.24. The highest BCUT2D eigenvalue weighted by atomic mass is 16.3. The fourth-order valence-electron chi connectivity index (χ4n) is 2.46. The molecule has 1 aromatic carbocycles. The average Bonchev–Trinajstić information content (AvgIpc) is 2.83. The van der Waals surface area contributed by atoms with Gasteiger partial charge in [0, 0.05) is 12.0 Å². The summed E-state index contributed by atoms with van der Waals surface area (Å²) in [6, 6.07) is 10.2. The fraction of sp³-hybridized carbons (Fsp3) is 0.385. The van der Waals surface area contributed by atoms with Gasteiger partial charge in [-0.2, -0.15) is 0 Å². The van der Waals surface area contributed by atoms with Crippen molar-refractivity contribution in [3.63, 3.8) is 0 Å². The Balaban J connectivity index is 2.10. The molecule has 1 unspecified atom stereocenters. The summed E-state index contributed by atoms with van der Waals surface area (Å²) in [6.45, 7) is 0.158. The van der Waals surface area contributed by atoms with Crippen LogP contribution in [0.25, 0.3) is 11.4 Å². The third-order valence-electron chi connectivity index (χ3n) is 3.31. The summed E-state index contributed by atoms with van der Waals surface area (Å²) in [5.41, 5.74) is 1.06. The monoisotopic (exact) mass is 229 g/mol. The van der Waals surface area contributed by atoms with Gasteiger partial charge in [-0.15, -0.1) is 10.2 Å². The molecule has 0 saturated carbocycles. The van der Waals surface area contributed by atoms with Crippen molar-refractivity contribution in [1.29, 1.82) is 0 Å². The number of nitrogens with zero attached hydrogens (tertiary/aromatic N) is 3. The summed E-state index contributed by atoms with van der Waals surface area (Å²) < 4.78 is 2.10. The Labute approximate surface area is 99.9 Å². The minimum absolute atomic E-state index is 0.129. The summed E-state index contributed by atoms with van der Waals surface area (Å²) in [7, 11) is 0. The number of fused-ring (bicyclic) bond motifs is 1. The number of aliphatic hydroxyl groups is 1. The van der Waals surface area contributed by atoms with Crippen molar-refractivity contribution in [3.05, 3.63) is 36.2 Å². The van der Waals surface area contributed by atoms with Crippen LogP contribution < -0.4 is 0 Å². The first-order valence-corrected chi connectivity index (χ1v) is 6.00. The number of hydrogen-bond donors (Lipinski definition) is 1. The first-order chi connectivity index (χ1) is 8.40. The van der Waals surface area contributed by atoms with Crippen molar-refractivity contribution in [2.45, 2.75) is 25.3 Å². The van der Waals surface area contributed by atoms with Crippen LogP contribution in [-0.4, -0.2) is 26.5 Å². The van der Waals surface area contributed by atoms with Crippen molar-refractivity contribution >= 4 is 0 Å². The molecule has 0 aliphatic carbocycles. The molecule has 0 spiro atoms. The van der Waals surface area contributed by atoms with E-state index < -0.39 is 0 Å². The smallest absolute Gasteiger partial charge is 0.164 e. The molecule has 0 fully saturated rings. The van der Waals surface area contributed by atoms with Gasteiger partial charge in [0.05, 0.1) is 12.6 Å². The first kappa shape index (κ1) is 10.5. The van der Waals surface area contributed by atoms with Crippen LogP contribution in [0.3, 0.4) is 0 Å². The molecule has 0 bridgehead atoms. The summed E-state index contributed by atoms with van der Waals surface area (Å²) in [4.78, 5) is 0. The minimum atomic E-state index is 0.129. The Morgan fingerprint density at radius 2 is 2.06 bits per heavy atom. The third-order valence-corrected chi connectivity index (χ3v) is 3.31. The Kier molecular flexibility index (Phi) is 2.65. The minimum Gasteiger partial charge on any atom is -0.394 e. The predicted molar refractivity (Wildman–Crippen MR) is 64.5 cm³/mol. The van der Waals surface area contributed by atoms with E-state index in [9.17, 15) is 5.11 Å². The van der Waals surface area contributed by atoms with E-state index in [1.54, 1.807) is 0 Å². The molecule has 4 nitrogen and oxygen atoms in total. The molecule has 0 radical (unpaired) electrons. The zero-order chi connectivity index (χ0) is 11.7. The lowest BCUT2D eigenvalue weighted by Crippen LogP contribution is -2.21. The second-order valence-electron chi connectivity index (χ2n) is 4.40. The van der Waals surface area contributed by atoms with Gasteiger partial charge in [-0.05, 0) is 12.8 Å². The van der Waals surface area contributed by atoms with Gasteiger partial charge in [-0.1, -0.05) is 30.3 Å². The van der Waals surface area contributed by atoms with E-state index in [-0.39, 0.29) is 12.6 Å². The average molecular weight is 229 g/mol. The Morgan fingerprint density at radius 1 is 1.24 bits per heavy atom. The number of aliphatic hydroxyl groups excluding tert-OH is 1. The standard InChI is InChI=1S/C13H15N3O/c17-9-11-7-4-8-12-14-15-13(16(11)12)10-5-2-1-3-6-10/h1-3,5-6,11,17H,4,7-9H2. The van der Waals surface area contributed by atoms with E-state index >= 15 is 0 Å². The Hall–Kier alpha value is -1.68. The van der Waals surface area contributed by atoms with E-state index in [2.05, 4.69) is 14.8 Å². The molecule has 88 valence electrons. The predicted octanol–water partition coefficient (Wildman–Crippen LogP) is 1.81. The number of aromatic nitrogens is 3. The highest BCUT2D eigenvalue weighted by molar-refractivity contribution is 5.55. The van der Waals surface area contributed by atoms with Crippen LogP contribution in [0, 0.1) is 0 Å². The van der Waals surface area contributed by atoms with Crippen molar-refractivity contribution < 1.29 is 5.11 Å². The maximum absolute atomic E-state index is 9.45. The van der Waals surface area contributed by atoms with Crippen molar-refractivity contribution in [1.82, 2.24) is 14.8 Å². The van der Waals surface area contributed by atoms with Gasteiger partial charge in [0.2, 0.25) is 0 Å². The topological polar surface area (TPSA) is 50.9 Å². The summed E-state index contributed by atoms with van der Waals surface area (Å²) in [5.74, 6) is 1.87. The van der Waals surface area contributed by atoms with Crippen LogP contribution >= 0.6 is 0 Å². The zero-order valence-corrected chi connectivity index (χ0v) is 9.58. The van der Waals surface area contributed by atoms with Crippen LogP contribution in [0.15, 0.2) is 30.3 Å². The molecular formula is C13H15N3O. The number of hydrogen-bond acceptors (Lipinski definition) is 3. The SMILES string of the molecule is OCC1CCCc2nnc(-c3ccccc3)n21. The summed E-state index contributed by atoms with van der Waals surface area (Å²) in [6.07, 6.45) is 3.04. The van der Waals surface area contributed by atoms with E-state index in [4.69, 9.17) is 0 Å². The second kappa shape index (κ2) is 4.30. The molecule has 0 amide bonds. The van der Waals surface area contributed by atoms with E-state index in [1.165, 1.54) is 0 Å². The van der Waals surface area contributed by atoms with Crippen LogP contribution in [0.4, 0.5) is 0 Å². The van der Waals surface area contributed by atoms with E-state index in [0.717, 1.165) is 36.5 Å². The van der Waals surface area contributed by atoms with E-state index in [1.807, 2.05) is 30.3 Å². The van der Waals surface area contributed by atoms with Crippen molar-refractivity contribution in [2.75, 3.05) is 6.61 Å². The molecule has 2 aromatic rings. The molecule has 17 heavy (non-hydrogen) atoms. The lowest BCUT2D eigenvalue weighted by molar-refractivity contribution is 0.207. The summed E-state index contributed by atoms with van der Waals surface area (Å²) >= 11 is 0. The molecule has 1 N–H and O–H groups in total. The molecule has 3 rings (SSSR count). The quantitative estimate of drug-likeness (QED) is 0.854. The fourth-order valence-corrected chi connectivity index (χ4v) is 2.46. The van der Waals surface area contributed by atoms with Crippen LogP contribution in [0.5, 0.6) is 0 Å². The second-order valence-corrected chi connectivity index (χ2v) is 4.40. The molecule has 2 heterocycles. The van der Waals surface area contributed by atoms with Gasteiger partial charge >= 0.3 is 0 Å². The maximum atomic E-state index is 9.45. The van der Waals surface area contributed by atoms with Gasteiger partial charge in [0.1, 0.15) is 5.82 Å². The maximum Gasteiger partial charge on any atom is 0.164 e. The van der Waals surface area contributed by atoms with Gasteiger partial charge < -0.3 is 9.67 Å². The van der Waals surface area contributed by atoms with Crippen LogP contribution in [0.2, 0.25) is 0 Å². The zero-order valence-electron chi connectivity index (χ0n) is 9.58. The molecular weight excluding hydrogens is 214 g/mol.